The summed E-state index contributed by atoms with van der Waals surface area (Å²) in [5.74, 6) is -0.135. The van der Waals surface area contributed by atoms with E-state index in [4.69, 9.17) is 4.74 Å². The molecule has 1 amide bonds. The average molecular weight is 334 g/mol. The minimum atomic E-state index is -0.482. The molecule has 6 heteroatoms. The zero-order valence-electron chi connectivity index (χ0n) is 15.1. The van der Waals surface area contributed by atoms with Crippen LogP contribution in [0.1, 0.15) is 62.9 Å². The lowest BCUT2D eigenvalue weighted by molar-refractivity contribution is -0.385. The molecule has 1 aromatic rings. The van der Waals surface area contributed by atoms with Crippen LogP contribution in [0.3, 0.4) is 0 Å². The van der Waals surface area contributed by atoms with Gasteiger partial charge in [0.25, 0.3) is 5.91 Å². The summed E-state index contributed by atoms with van der Waals surface area (Å²) >= 11 is 0. The molecule has 0 aromatic heterocycles. The van der Waals surface area contributed by atoms with Crippen molar-refractivity contribution in [2.45, 2.75) is 58.4 Å². The molecule has 1 fully saturated rings. The third kappa shape index (κ3) is 3.52. The summed E-state index contributed by atoms with van der Waals surface area (Å²) in [6, 6.07) is 3.39. The number of methoxy groups -OCH3 is 1. The van der Waals surface area contributed by atoms with Gasteiger partial charge in [0.15, 0.2) is 0 Å². The van der Waals surface area contributed by atoms with Gasteiger partial charge in [-0.2, -0.15) is 0 Å². The van der Waals surface area contributed by atoms with Crippen molar-refractivity contribution in [1.82, 2.24) is 4.90 Å². The first kappa shape index (κ1) is 18.2. The predicted molar refractivity (Wildman–Crippen MR) is 92.7 cm³/mol. The van der Waals surface area contributed by atoms with Crippen LogP contribution in [0.2, 0.25) is 0 Å². The summed E-state index contributed by atoms with van der Waals surface area (Å²) in [6.45, 7) is 8.60. The Balaban J connectivity index is 2.59. The predicted octanol–water partition coefficient (Wildman–Crippen LogP) is 3.92. The number of nitro benzene ring substituents is 1. The minimum Gasteiger partial charge on any atom is -0.490 e. The first-order valence-electron chi connectivity index (χ1n) is 8.34. The highest BCUT2D eigenvalue weighted by atomic mass is 16.6. The largest absolute Gasteiger partial charge is 0.490 e. The Morgan fingerprint density at radius 2 is 2.00 bits per heavy atom. The molecule has 1 atom stereocenters. The van der Waals surface area contributed by atoms with E-state index in [0.29, 0.717) is 6.54 Å². The number of hydrogen-bond donors (Lipinski definition) is 0. The number of benzene rings is 1. The number of carbonyl (C=O) groups is 1. The van der Waals surface area contributed by atoms with Gasteiger partial charge in [-0.05, 0) is 43.2 Å². The zero-order valence-corrected chi connectivity index (χ0v) is 15.1. The first-order chi connectivity index (χ1) is 11.2. The SMILES string of the molecule is COc1c(C(=O)N2CCCCC2C)cc(C(C)(C)C)cc1[N+](=O)[O-]. The highest BCUT2D eigenvalue weighted by Crippen LogP contribution is 2.37. The van der Waals surface area contributed by atoms with Gasteiger partial charge in [-0.1, -0.05) is 20.8 Å². The second-order valence-corrected chi connectivity index (χ2v) is 7.43. The highest BCUT2D eigenvalue weighted by molar-refractivity contribution is 5.99. The van der Waals surface area contributed by atoms with Gasteiger partial charge in [0.2, 0.25) is 5.75 Å². The van der Waals surface area contributed by atoms with Gasteiger partial charge in [-0.3, -0.25) is 14.9 Å². The number of hydrogen-bond acceptors (Lipinski definition) is 4. The number of carbonyl (C=O) groups excluding carboxylic acids is 1. The highest BCUT2D eigenvalue weighted by Gasteiger charge is 2.32. The Bertz CT molecular complexity index is 649. The Morgan fingerprint density at radius 3 is 2.50 bits per heavy atom. The van der Waals surface area contributed by atoms with E-state index in [9.17, 15) is 14.9 Å². The number of amides is 1. The number of rotatable bonds is 3. The van der Waals surface area contributed by atoms with Crippen LogP contribution in [0.5, 0.6) is 5.75 Å². The number of ether oxygens (including phenoxy) is 1. The van der Waals surface area contributed by atoms with Crippen LogP contribution in [-0.2, 0) is 5.41 Å². The molecule has 0 bridgehead atoms. The van der Waals surface area contributed by atoms with E-state index < -0.39 is 4.92 Å². The van der Waals surface area contributed by atoms with Crippen LogP contribution in [0.25, 0.3) is 0 Å². The van der Waals surface area contributed by atoms with E-state index in [1.54, 1.807) is 11.0 Å². The van der Waals surface area contributed by atoms with Crippen molar-refractivity contribution in [3.8, 4) is 5.75 Å². The molecule has 132 valence electrons. The second kappa shape index (κ2) is 6.79. The fourth-order valence-electron chi connectivity index (χ4n) is 3.11. The second-order valence-electron chi connectivity index (χ2n) is 7.43. The lowest BCUT2D eigenvalue weighted by Crippen LogP contribution is -2.42. The molecule has 1 aliphatic heterocycles. The molecule has 0 saturated carbocycles. The molecule has 0 N–H and O–H groups in total. The molecule has 1 aromatic carbocycles. The van der Waals surface area contributed by atoms with E-state index >= 15 is 0 Å². The van der Waals surface area contributed by atoms with Crippen molar-refractivity contribution in [2.75, 3.05) is 13.7 Å². The van der Waals surface area contributed by atoms with Gasteiger partial charge in [-0.25, -0.2) is 0 Å². The van der Waals surface area contributed by atoms with Gasteiger partial charge in [-0.15, -0.1) is 0 Å². The maximum atomic E-state index is 13.1. The molecule has 1 aliphatic rings. The summed E-state index contributed by atoms with van der Waals surface area (Å²) in [5, 5.41) is 11.5. The van der Waals surface area contributed by atoms with Crippen LogP contribution in [0, 0.1) is 10.1 Å². The van der Waals surface area contributed by atoms with Crippen molar-refractivity contribution in [1.29, 1.82) is 0 Å². The van der Waals surface area contributed by atoms with Gasteiger partial charge in [0.1, 0.15) is 0 Å². The third-order valence-electron chi connectivity index (χ3n) is 4.63. The molecule has 2 rings (SSSR count). The first-order valence-corrected chi connectivity index (χ1v) is 8.34. The van der Waals surface area contributed by atoms with Crippen molar-refractivity contribution < 1.29 is 14.5 Å². The number of nitrogens with zero attached hydrogens (tertiary/aromatic N) is 2. The summed E-state index contributed by atoms with van der Waals surface area (Å²) in [7, 11) is 1.37. The molecular formula is C18H26N2O4. The molecule has 0 radical (unpaired) electrons. The molecule has 1 heterocycles. The Morgan fingerprint density at radius 1 is 1.33 bits per heavy atom. The average Bonchev–Trinajstić information content (AvgIpc) is 2.52. The monoisotopic (exact) mass is 334 g/mol. The van der Waals surface area contributed by atoms with E-state index in [1.165, 1.54) is 13.2 Å². The minimum absolute atomic E-state index is 0.0516. The van der Waals surface area contributed by atoms with Gasteiger partial charge >= 0.3 is 5.69 Å². The van der Waals surface area contributed by atoms with Crippen LogP contribution in [0.15, 0.2) is 12.1 Å². The normalized spacial score (nSPS) is 18.4. The van der Waals surface area contributed by atoms with Crippen LogP contribution < -0.4 is 4.74 Å². The van der Waals surface area contributed by atoms with Crippen molar-refractivity contribution in [3.63, 3.8) is 0 Å². The quantitative estimate of drug-likeness (QED) is 0.620. The Labute approximate surface area is 142 Å². The van der Waals surface area contributed by atoms with Crippen LogP contribution in [-0.4, -0.2) is 35.4 Å². The number of likely N-dealkylation sites (tertiary alicyclic amines) is 1. The Hall–Kier alpha value is -2.11. The number of nitro groups is 1. The lowest BCUT2D eigenvalue weighted by Gasteiger charge is -2.34. The van der Waals surface area contributed by atoms with E-state index in [2.05, 4.69) is 0 Å². The summed E-state index contributed by atoms with van der Waals surface area (Å²) in [5.41, 5.74) is 0.575. The lowest BCUT2D eigenvalue weighted by atomic mass is 9.85. The number of piperidine rings is 1. The van der Waals surface area contributed by atoms with E-state index in [1.807, 2.05) is 27.7 Å². The zero-order chi connectivity index (χ0) is 18.1. The molecular weight excluding hydrogens is 308 g/mol. The molecule has 6 nitrogen and oxygen atoms in total. The summed E-state index contributed by atoms with van der Waals surface area (Å²) < 4.78 is 5.26. The maximum absolute atomic E-state index is 13.1. The molecule has 24 heavy (non-hydrogen) atoms. The topological polar surface area (TPSA) is 72.7 Å². The van der Waals surface area contributed by atoms with Gasteiger partial charge < -0.3 is 9.64 Å². The third-order valence-corrected chi connectivity index (χ3v) is 4.63. The maximum Gasteiger partial charge on any atom is 0.312 e. The van der Waals surface area contributed by atoms with Gasteiger partial charge in [0, 0.05) is 18.7 Å². The van der Waals surface area contributed by atoms with Crippen molar-refractivity contribution in [2.24, 2.45) is 0 Å². The van der Waals surface area contributed by atoms with Crippen LogP contribution in [0.4, 0.5) is 5.69 Å². The van der Waals surface area contributed by atoms with Crippen molar-refractivity contribution >= 4 is 11.6 Å². The Kier molecular flexibility index (Phi) is 5.16. The molecule has 1 saturated heterocycles. The fourth-order valence-corrected chi connectivity index (χ4v) is 3.11. The molecule has 0 aliphatic carbocycles. The van der Waals surface area contributed by atoms with Crippen molar-refractivity contribution in [3.05, 3.63) is 33.4 Å². The fraction of sp³-hybridized carbons (Fsp3) is 0.611. The van der Waals surface area contributed by atoms with E-state index in [0.717, 1.165) is 24.8 Å². The van der Waals surface area contributed by atoms with E-state index in [-0.39, 0.29) is 34.4 Å². The van der Waals surface area contributed by atoms with Crippen LogP contribution >= 0.6 is 0 Å². The standard InChI is InChI=1S/C18H26N2O4/c1-12-8-6-7-9-19(12)17(21)14-10-13(18(2,3)4)11-15(20(22)23)16(14)24-5/h10-12H,6-9H2,1-5H3. The molecule has 1 unspecified atom stereocenters. The summed E-state index contributed by atoms with van der Waals surface area (Å²) in [4.78, 5) is 25.9. The molecule has 0 spiro atoms. The smallest absolute Gasteiger partial charge is 0.312 e. The van der Waals surface area contributed by atoms with Gasteiger partial charge in [0.05, 0.1) is 17.6 Å². The summed E-state index contributed by atoms with van der Waals surface area (Å²) in [6.07, 6.45) is 3.01.